The largest absolute Gasteiger partial charge is 0.378 e. The van der Waals surface area contributed by atoms with Gasteiger partial charge in [-0.15, -0.1) is 0 Å². The molecule has 0 saturated carbocycles. The van der Waals surface area contributed by atoms with Crippen molar-refractivity contribution in [2.24, 2.45) is 0 Å². The molecular weight excluding hydrogens is 316 g/mol. The number of aromatic nitrogens is 2. The number of anilines is 2. The Morgan fingerprint density at radius 3 is 2.78 bits per heavy atom. The fourth-order valence-corrected chi connectivity index (χ4v) is 2.57. The SMILES string of the molecule is Cc1nc(C(=O)Nc2cccc(Cl)c2)cc(N2CCOCC2)n1. The molecule has 7 heteroatoms. The van der Waals surface area contributed by atoms with E-state index in [9.17, 15) is 4.79 Å². The Bertz CT molecular complexity index is 717. The number of carbonyl (C=O) groups excluding carboxylic acids is 1. The van der Waals surface area contributed by atoms with Crippen LogP contribution in [0.2, 0.25) is 5.02 Å². The number of nitrogens with one attached hydrogen (secondary N) is 1. The molecule has 1 saturated heterocycles. The molecule has 3 rings (SSSR count). The number of morpholine rings is 1. The molecule has 1 aliphatic rings. The van der Waals surface area contributed by atoms with Crippen LogP contribution in [0.5, 0.6) is 0 Å². The second-order valence-electron chi connectivity index (χ2n) is 5.22. The van der Waals surface area contributed by atoms with Crippen LogP contribution in [0.4, 0.5) is 11.5 Å². The highest BCUT2D eigenvalue weighted by Crippen LogP contribution is 2.18. The molecule has 0 aliphatic carbocycles. The summed E-state index contributed by atoms with van der Waals surface area (Å²) in [5.41, 5.74) is 0.964. The van der Waals surface area contributed by atoms with Gasteiger partial charge in [0.25, 0.3) is 5.91 Å². The number of amides is 1. The van der Waals surface area contributed by atoms with E-state index in [1.54, 1.807) is 37.3 Å². The number of halogens is 1. The van der Waals surface area contributed by atoms with Crippen LogP contribution >= 0.6 is 11.6 Å². The Labute approximate surface area is 139 Å². The number of carbonyl (C=O) groups is 1. The zero-order chi connectivity index (χ0) is 16.2. The smallest absolute Gasteiger partial charge is 0.274 e. The van der Waals surface area contributed by atoms with E-state index in [1.165, 1.54) is 0 Å². The van der Waals surface area contributed by atoms with Crippen molar-refractivity contribution < 1.29 is 9.53 Å². The molecule has 1 aromatic carbocycles. The van der Waals surface area contributed by atoms with Crippen LogP contribution < -0.4 is 10.2 Å². The van der Waals surface area contributed by atoms with E-state index in [-0.39, 0.29) is 5.91 Å². The van der Waals surface area contributed by atoms with E-state index in [1.807, 2.05) is 0 Å². The molecule has 1 aromatic heterocycles. The molecule has 2 heterocycles. The first-order valence-corrected chi connectivity index (χ1v) is 7.75. The minimum Gasteiger partial charge on any atom is -0.378 e. The van der Waals surface area contributed by atoms with Gasteiger partial charge in [0.15, 0.2) is 0 Å². The second-order valence-corrected chi connectivity index (χ2v) is 5.66. The van der Waals surface area contributed by atoms with Gasteiger partial charge in [0.05, 0.1) is 13.2 Å². The van der Waals surface area contributed by atoms with Crippen molar-refractivity contribution in [1.82, 2.24) is 9.97 Å². The number of ether oxygens (including phenoxy) is 1. The van der Waals surface area contributed by atoms with Gasteiger partial charge in [0.2, 0.25) is 0 Å². The third-order valence-electron chi connectivity index (χ3n) is 3.47. The van der Waals surface area contributed by atoms with Crippen LogP contribution in [0.15, 0.2) is 30.3 Å². The first kappa shape index (κ1) is 15.7. The molecule has 1 aliphatic heterocycles. The summed E-state index contributed by atoms with van der Waals surface area (Å²) in [6.07, 6.45) is 0. The minimum atomic E-state index is -0.285. The third-order valence-corrected chi connectivity index (χ3v) is 3.71. The lowest BCUT2D eigenvalue weighted by molar-refractivity contribution is 0.102. The second kappa shape index (κ2) is 6.93. The first-order valence-electron chi connectivity index (χ1n) is 7.37. The Morgan fingerprint density at radius 2 is 2.04 bits per heavy atom. The summed E-state index contributed by atoms with van der Waals surface area (Å²) in [5.74, 6) is 1.02. The van der Waals surface area contributed by atoms with Crippen molar-refractivity contribution >= 4 is 29.0 Å². The standard InChI is InChI=1S/C16H17ClN4O2/c1-11-18-14(10-15(19-11)21-5-7-23-8-6-21)16(22)20-13-4-2-3-12(17)9-13/h2-4,9-10H,5-8H2,1H3,(H,20,22). The van der Waals surface area contributed by atoms with Gasteiger partial charge in [0.1, 0.15) is 17.3 Å². The summed E-state index contributed by atoms with van der Waals surface area (Å²) in [4.78, 5) is 23.2. The number of benzene rings is 1. The Hall–Kier alpha value is -2.18. The van der Waals surface area contributed by atoms with Crippen molar-refractivity contribution in [3.05, 3.63) is 46.9 Å². The Morgan fingerprint density at radius 1 is 1.26 bits per heavy atom. The minimum absolute atomic E-state index is 0.285. The molecule has 23 heavy (non-hydrogen) atoms. The van der Waals surface area contributed by atoms with E-state index < -0.39 is 0 Å². The number of nitrogens with zero attached hydrogens (tertiary/aromatic N) is 3. The molecule has 0 bridgehead atoms. The Kier molecular flexibility index (Phi) is 4.73. The summed E-state index contributed by atoms with van der Waals surface area (Å²) < 4.78 is 5.34. The summed E-state index contributed by atoms with van der Waals surface area (Å²) >= 11 is 5.93. The topological polar surface area (TPSA) is 67.4 Å². The van der Waals surface area contributed by atoms with Gasteiger partial charge in [-0.25, -0.2) is 9.97 Å². The molecule has 0 radical (unpaired) electrons. The zero-order valence-electron chi connectivity index (χ0n) is 12.8. The van der Waals surface area contributed by atoms with Crippen LogP contribution in [0.1, 0.15) is 16.3 Å². The molecule has 2 aromatic rings. The van der Waals surface area contributed by atoms with Crippen LogP contribution in [-0.4, -0.2) is 42.2 Å². The van der Waals surface area contributed by atoms with Gasteiger partial charge >= 0.3 is 0 Å². The van der Waals surface area contributed by atoms with Crippen molar-refractivity contribution in [3.63, 3.8) is 0 Å². The van der Waals surface area contributed by atoms with Gasteiger partial charge in [-0.2, -0.15) is 0 Å². The molecule has 6 nitrogen and oxygen atoms in total. The van der Waals surface area contributed by atoms with Gasteiger partial charge in [-0.1, -0.05) is 17.7 Å². The molecule has 1 amide bonds. The van der Waals surface area contributed by atoms with Gasteiger partial charge in [0, 0.05) is 29.9 Å². The molecule has 0 spiro atoms. The summed E-state index contributed by atoms with van der Waals surface area (Å²) in [6.45, 7) is 4.61. The highest BCUT2D eigenvalue weighted by Gasteiger charge is 2.17. The first-order chi connectivity index (χ1) is 11.1. The average molecular weight is 333 g/mol. The van der Waals surface area contributed by atoms with Crippen molar-refractivity contribution in [2.45, 2.75) is 6.92 Å². The van der Waals surface area contributed by atoms with Crippen molar-refractivity contribution in [2.75, 3.05) is 36.5 Å². The maximum atomic E-state index is 12.4. The maximum Gasteiger partial charge on any atom is 0.274 e. The lowest BCUT2D eigenvalue weighted by atomic mass is 10.3. The van der Waals surface area contributed by atoms with Crippen molar-refractivity contribution in [1.29, 1.82) is 0 Å². The van der Waals surface area contributed by atoms with Crippen LogP contribution in [-0.2, 0) is 4.74 Å². The molecular formula is C16H17ClN4O2. The van der Waals surface area contributed by atoms with Crippen LogP contribution in [0, 0.1) is 6.92 Å². The summed E-state index contributed by atoms with van der Waals surface area (Å²) in [5, 5.41) is 3.36. The van der Waals surface area contributed by atoms with Crippen LogP contribution in [0.3, 0.4) is 0 Å². The van der Waals surface area contributed by atoms with E-state index in [2.05, 4.69) is 20.2 Å². The van der Waals surface area contributed by atoms with E-state index in [0.717, 1.165) is 18.9 Å². The third kappa shape index (κ3) is 3.97. The number of aryl methyl sites for hydroxylation is 1. The normalized spacial score (nSPS) is 14.6. The van der Waals surface area contributed by atoms with E-state index in [0.29, 0.717) is 35.4 Å². The monoisotopic (exact) mass is 332 g/mol. The fraction of sp³-hybridized carbons (Fsp3) is 0.312. The predicted octanol–water partition coefficient (Wildman–Crippen LogP) is 2.53. The molecule has 0 unspecified atom stereocenters. The predicted molar refractivity (Wildman–Crippen MR) is 89.2 cm³/mol. The van der Waals surface area contributed by atoms with Crippen molar-refractivity contribution in [3.8, 4) is 0 Å². The van der Waals surface area contributed by atoms with Gasteiger partial charge in [-0.3, -0.25) is 4.79 Å². The number of hydrogen-bond acceptors (Lipinski definition) is 5. The molecule has 120 valence electrons. The van der Waals surface area contributed by atoms with E-state index in [4.69, 9.17) is 16.3 Å². The highest BCUT2D eigenvalue weighted by molar-refractivity contribution is 6.30. The summed E-state index contributed by atoms with van der Waals surface area (Å²) in [7, 11) is 0. The molecule has 1 fully saturated rings. The fourth-order valence-electron chi connectivity index (χ4n) is 2.38. The average Bonchev–Trinajstić information content (AvgIpc) is 2.55. The Balaban J connectivity index is 1.81. The molecule has 0 atom stereocenters. The summed E-state index contributed by atoms with van der Waals surface area (Å²) in [6, 6.07) is 8.71. The highest BCUT2D eigenvalue weighted by atomic mass is 35.5. The number of rotatable bonds is 3. The lowest BCUT2D eigenvalue weighted by Crippen LogP contribution is -2.37. The lowest BCUT2D eigenvalue weighted by Gasteiger charge is -2.28. The van der Waals surface area contributed by atoms with E-state index >= 15 is 0 Å². The zero-order valence-corrected chi connectivity index (χ0v) is 13.5. The number of hydrogen-bond donors (Lipinski definition) is 1. The van der Waals surface area contributed by atoms with Gasteiger partial charge < -0.3 is 15.0 Å². The van der Waals surface area contributed by atoms with Gasteiger partial charge in [-0.05, 0) is 25.1 Å². The van der Waals surface area contributed by atoms with Crippen LogP contribution in [0.25, 0.3) is 0 Å². The molecule has 1 N–H and O–H groups in total. The quantitative estimate of drug-likeness (QED) is 0.935. The maximum absolute atomic E-state index is 12.4.